The van der Waals surface area contributed by atoms with Gasteiger partial charge in [-0.1, -0.05) is 0 Å². The second-order valence-electron chi connectivity index (χ2n) is 3.31. The number of hydrogen-bond acceptors (Lipinski definition) is 3. The van der Waals surface area contributed by atoms with Gasteiger partial charge in [-0.25, -0.2) is 0 Å². The van der Waals surface area contributed by atoms with Gasteiger partial charge < -0.3 is 14.5 Å². The highest BCUT2D eigenvalue weighted by atomic mass is 32.1. The highest BCUT2D eigenvalue weighted by Gasteiger charge is 2.07. The number of thiophene rings is 1. The summed E-state index contributed by atoms with van der Waals surface area (Å²) in [5, 5.41) is 9.04. The number of nitrogens with zero attached hydrogens (tertiary/aromatic N) is 1. The van der Waals surface area contributed by atoms with Crippen LogP contribution in [-0.4, -0.2) is 14.5 Å². The van der Waals surface area contributed by atoms with E-state index < -0.39 is 0 Å². The molecule has 0 aliphatic rings. The van der Waals surface area contributed by atoms with Gasteiger partial charge in [0.15, 0.2) is 0 Å². The minimum absolute atomic E-state index is 0.00411. The molecule has 4 nitrogen and oxygen atoms in total. The maximum atomic E-state index is 11.6. The second kappa shape index (κ2) is 2.95. The molecule has 0 atom stereocenters. The predicted octanol–water partition coefficient (Wildman–Crippen LogP) is 1.33. The average molecular weight is 220 g/mol. The number of aliphatic hydroxyl groups excluding tert-OH is 1. The summed E-state index contributed by atoms with van der Waals surface area (Å²) in [6, 6.07) is 5.42. The number of aliphatic hydroxyl groups is 1. The zero-order chi connectivity index (χ0) is 10.4. The molecule has 0 aromatic carbocycles. The van der Waals surface area contributed by atoms with Gasteiger partial charge in [-0.05, 0) is 18.2 Å². The van der Waals surface area contributed by atoms with Crippen LogP contribution in [0.25, 0.3) is 15.9 Å². The molecular formula is C10H8N2O2S. The first kappa shape index (κ1) is 8.70. The molecule has 0 amide bonds. The fourth-order valence-corrected chi connectivity index (χ4v) is 2.67. The first-order valence-corrected chi connectivity index (χ1v) is 5.34. The summed E-state index contributed by atoms with van der Waals surface area (Å²) >= 11 is 1.48. The smallest absolute Gasteiger partial charge is 0.272 e. The second-order valence-corrected chi connectivity index (χ2v) is 4.42. The fraction of sp³-hybridized carbons (Fsp3) is 0.100. The van der Waals surface area contributed by atoms with Crippen molar-refractivity contribution in [2.75, 3.05) is 0 Å². The molecule has 2 N–H and O–H groups in total. The van der Waals surface area contributed by atoms with Crippen LogP contribution in [0.3, 0.4) is 0 Å². The Bertz CT molecular complexity index is 692. The van der Waals surface area contributed by atoms with Crippen molar-refractivity contribution in [1.82, 2.24) is 9.38 Å². The highest BCUT2D eigenvalue weighted by molar-refractivity contribution is 7.18. The van der Waals surface area contributed by atoms with Crippen LogP contribution < -0.4 is 5.56 Å². The Morgan fingerprint density at radius 3 is 3.20 bits per heavy atom. The van der Waals surface area contributed by atoms with Crippen LogP contribution in [0.1, 0.15) is 4.88 Å². The van der Waals surface area contributed by atoms with Gasteiger partial charge in [-0.3, -0.25) is 4.79 Å². The maximum Gasteiger partial charge on any atom is 0.272 e. The molecule has 3 aromatic heterocycles. The molecule has 0 aliphatic heterocycles. The summed E-state index contributed by atoms with van der Waals surface area (Å²) in [4.78, 5) is 16.2. The number of aromatic nitrogens is 2. The Balaban J connectivity index is 2.57. The summed E-state index contributed by atoms with van der Waals surface area (Å²) in [6.07, 6.45) is 1.85. The van der Waals surface area contributed by atoms with Gasteiger partial charge in [0.2, 0.25) is 0 Å². The molecule has 0 radical (unpaired) electrons. The van der Waals surface area contributed by atoms with Crippen molar-refractivity contribution in [3.63, 3.8) is 0 Å². The largest absolute Gasteiger partial charge is 0.391 e. The summed E-state index contributed by atoms with van der Waals surface area (Å²) in [5.74, 6) is 0. The lowest BCUT2D eigenvalue weighted by molar-refractivity contribution is 0.285. The van der Waals surface area contributed by atoms with Crippen LogP contribution in [0, 0.1) is 0 Å². The number of H-pyrrole nitrogens is 1. The van der Waals surface area contributed by atoms with Crippen LogP contribution in [0.2, 0.25) is 0 Å². The van der Waals surface area contributed by atoms with Crippen LogP contribution in [0.5, 0.6) is 0 Å². The van der Waals surface area contributed by atoms with Crippen molar-refractivity contribution >= 4 is 27.2 Å². The molecule has 0 aliphatic carbocycles. The van der Waals surface area contributed by atoms with E-state index in [1.54, 1.807) is 12.1 Å². The number of hydrogen-bond donors (Lipinski definition) is 2. The normalized spacial score (nSPS) is 11.5. The molecule has 15 heavy (non-hydrogen) atoms. The Morgan fingerprint density at radius 1 is 1.53 bits per heavy atom. The number of fused-ring (bicyclic) bond motifs is 3. The van der Waals surface area contributed by atoms with Crippen LogP contribution in [0.4, 0.5) is 0 Å². The van der Waals surface area contributed by atoms with E-state index >= 15 is 0 Å². The van der Waals surface area contributed by atoms with E-state index in [0.717, 1.165) is 15.2 Å². The van der Waals surface area contributed by atoms with E-state index in [9.17, 15) is 4.79 Å². The summed E-state index contributed by atoms with van der Waals surface area (Å²) < 4.78 is 1.85. The molecule has 76 valence electrons. The van der Waals surface area contributed by atoms with Crippen molar-refractivity contribution in [3.8, 4) is 0 Å². The minimum Gasteiger partial charge on any atom is -0.391 e. The molecule has 5 heteroatoms. The molecular weight excluding hydrogens is 212 g/mol. The highest BCUT2D eigenvalue weighted by Crippen LogP contribution is 2.23. The number of aromatic amines is 1. The van der Waals surface area contributed by atoms with Crippen molar-refractivity contribution in [1.29, 1.82) is 0 Å². The SMILES string of the molecule is O=c1[nH]c2cc(CO)sc2n2cccc12. The van der Waals surface area contributed by atoms with Gasteiger partial charge >= 0.3 is 0 Å². The number of nitrogens with one attached hydrogen (secondary N) is 1. The predicted molar refractivity (Wildman–Crippen MR) is 59.3 cm³/mol. The molecule has 0 unspecified atom stereocenters. The molecule has 0 spiro atoms. The summed E-state index contributed by atoms with van der Waals surface area (Å²) in [7, 11) is 0. The first-order chi connectivity index (χ1) is 7.29. The van der Waals surface area contributed by atoms with E-state index in [4.69, 9.17) is 5.11 Å². The quantitative estimate of drug-likeness (QED) is 0.650. The van der Waals surface area contributed by atoms with Gasteiger partial charge in [-0.15, -0.1) is 11.3 Å². The zero-order valence-corrected chi connectivity index (χ0v) is 8.54. The summed E-state index contributed by atoms with van der Waals surface area (Å²) in [6.45, 7) is 0.00411. The molecule has 3 rings (SSSR count). The lowest BCUT2D eigenvalue weighted by Gasteiger charge is -1.95. The Kier molecular flexibility index (Phi) is 1.71. The van der Waals surface area contributed by atoms with E-state index in [1.807, 2.05) is 16.7 Å². The topological polar surface area (TPSA) is 57.5 Å². The van der Waals surface area contributed by atoms with Gasteiger partial charge in [-0.2, -0.15) is 0 Å². The fourth-order valence-electron chi connectivity index (χ4n) is 1.71. The standard InChI is InChI=1S/C10H8N2O2S/c13-5-6-4-7-10(15-6)12-3-1-2-8(12)9(14)11-7/h1-4,13H,5H2,(H,11,14). The van der Waals surface area contributed by atoms with E-state index in [1.165, 1.54) is 11.3 Å². The monoisotopic (exact) mass is 220 g/mol. The van der Waals surface area contributed by atoms with Gasteiger partial charge in [0.1, 0.15) is 10.3 Å². The zero-order valence-electron chi connectivity index (χ0n) is 7.73. The molecule has 0 bridgehead atoms. The Hall–Kier alpha value is -1.59. The van der Waals surface area contributed by atoms with Crippen molar-refractivity contribution in [3.05, 3.63) is 39.6 Å². The first-order valence-electron chi connectivity index (χ1n) is 4.52. The third-order valence-corrected chi connectivity index (χ3v) is 3.49. The van der Waals surface area contributed by atoms with Crippen LogP contribution in [0.15, 0.2) is 29.2 Å². The van der Waals surface area contributed by atoms with Gasteiger partial charge in [0.25, 0.3) is 5.56 Å². The molecule has 0 fully saturated rings. The van der Waals surface area contributed by atoms with Crippen LogP contribution in [-0.2, 0) is 6.61 Å². The van der Waals surface area contributed by atoms with E-state index in [-0.39, 0.29) is 12.2 Å². The van der Waals surface area contributed by atoms with Crippen molar-refractivity contribution in [2.45, 2.75) is 6.61 Å². The molecule has 3 aromatic rings. The lowest BCUT2D eigenvalue weighted by atomic mass is 10.4. The molecule has 3 heterocycles. The number of rotatable bonds is 1. The van der Waals surface area contributed by atoms with Crippen molar-refractivity contribution in [2.24, 2.45) is 0 Å². The van der Waals surface area contributed by atoms with E-state index in [2.05, 4.69) is 4.98 Å². The van der Waals surface area contributed by atoms with Crippen molar-refractivity contribution < 1.29 is 5.11 Å². The Morgan fingerprint density at radius 2 is 2.40 bits per heavy atom. The summed E-state index contributed by atoms with van der Waals surface area (Å²) in [5.41, 5.74) is 1.31. The molecule has 0 saturated heterocycles. The Labute approximate surface area is 88.4 Å². The molecule has 0 saturated carbocycles. The average Bonchev–Trinajstić information content (AvgIpc) is 2.80. The van der Waals surface area contributed by atoms with Crippen LogP contribution >= 0.6 is 11.3 Å². The van der Waals surface area contributed by atoms with E-state index in [0.29, 0.717) is 5.52 Å². The third kappa shape index (κ3) is 1.14. The van der Waals surface area contributed by atoms with Gasteiger partial charge in [0, 0.05) is 11.1 Å². The third-order valence-electron chi connectivity index (χ3n) is 2.37. The van der Waals surface area contributed by atoms with Gasteiger partial charge in [0.05, 0.1) is 12.1 Å². The minimum atomic E-state index is -0.102. The maximum absolute atomic E-state index is 11.6. The lowest BCUT2D eigenvalue weighted by Crippen LogP contribution is -2.07.